The number of nitrogens with zero attached hydrogens (tertiary/aromatic N) is 9. The lowest BCUT2D eigenvalue weighted by Crippen LogP contribution is -2.52. The van der Waals surface area contributed by atoms with Crippen LogP contribution in [0.15, 0.2) is 29.5 Å². The molecule has 0 radical (unpaired) electrons. The van der Waals surface area contributed by atoms with E-state index in [0.717, 1.165) is 11.8 Å². The van der Waals surface area contributed by atoms with Crippen LogP contribution < -0.4 is 4.90 Å². The molecule has 11 nitrogen and oxygen atoms in total. The summed E-state index contributed by atoms with van der Waals surface area (Å²) in [5.74, 6) is -0.683. The van der Waals surface area contributed by atoms with Crippen molar-refractivity contribution in [2.24, 2.45) is 5.10 Å². The lowest BCUT2D eigenvalue weighted by atomic mass is 10.0. The van der Waals surface area contributed by atoms with E-state index in [9.17, 15) is 18.8 Å². The van der Waals surface area contributed by atoms with E-state index in [-0.39, 0.29) is 23.4 Å². The van der Waals surface area contributed by atoms with Crippen molar-refractivity contribution in [1.82, 2.24) is 29.7 Å². The van der Waals surface area contributed by atoms with Gasteiger partial charge < -0.3 is 14.5 Å². The number of piperazine rings is 1. The van der Waals surface area contributed by atoms with Crippen molar-refractivity contribution < 1.29 is 18.3 Å². The fourth-order valence-corrected chi connectivity index (χ4v) is 5.26. The Morgan fingerprint density at radius 1 is 1.18 bits per heavy atom. The van der Waals surface area contributed by atoms with Gasteiger partial charge in [0.05, 0.1) is 42.7 Å². The van der Waals surface area contributed by atoms with Gasteiger partial charge in [0.15, 0.2) is 5.82 Å². The van der Waals surface area contributed by atoms with Gasteiger partial charge in [0.2, 0.25) is 5.95 Å². The van der Waals surface area contributed by atoms with E-state index in [2.05, 4.69) is 20.2 Å². The van der Waals surface area contributed by atoms with Crippen molar-refractivity contribution in [3.05, 3.63) is 58.5 Å². The molecule has 0 N–H and O–H groups in total. The molecule has 13 heteroatoms. The van der Waals surface area contributed by atoms with Crippen LogP contribution in [0, 0.1) is 36.8 Å². The number of nitriles is 1. The van der Waals surface area contributed by atoms with E-state index in [4.69, 9.17) is 4.74 Å². The Kier molecular flexibility index (Phi) is 6.63. The third kappa shape index (κ3) is 4.86. The Balaban J connectivity index is 1.15. The largest absolute Gasteiger partial charge is 0.371 e. The minimum atomic E-state index is -0.532. The van der Waals surface area contributed by atoms with Gasteiger partial charge in [-0.25, -0.2) is 28.6 Å². The van der Waals surface area contributed by atoms with Crippen LogP contribution in [0.25, 0.3) is 11.3 Å². The molecular formula is C27H27F2N9O2. The molecule has 3 aliphatic rings. The molecule has 3 aromatic rings. The fraction of sp³-hybridized carbons (Fsp3) is 0.407. The van der Waals surface area contributed by atoms with E-state index < -0.39 is 17.7 Å². The molecule has 0 aliphatic carbocycles. The van der Waals surface area contributed by atoms with Gasteiger partial charge in [-0.1, -0.05) is 0 Å². The Hall–Kier alpha value is -4.44. The third-order valence-electron chi connectivity index (χ3n) is 7.42. The quantitative estimate of drug-likeness (QED) is 0.450. The van der Waals surface area contributed by atoms with Crippen molar-refractivity contribution in [2.75, 3.05) is 37.7 Å². The van der Waals surface area contributed by atoms with Crippen molar-refractivity contribution in [3.63, 3.8) is 0 Å². The van der Waals surface area contributed by atoms with Gasteiger partial charge in [0.25, 0.3) is 0 Å². The molecule has 1 aromatic carbocycles. The van der Waals surface area contributed by atoms with Crippen LogP contribution in [0.4, 0.5) is 19.5 Å². The highest BCUT2D eigenvalue weighted by atomic mass is 19.1. The average Bonchev–Trinajstić information content (AvgIpc) is 3.55. The molecule has 0 bridgehead atoms. The number of amides is 2. The highest BCUT2D eigenvalue weighted by Gasteiger charge is 2.34. The molecule has 5 heterocycles. The number of hydrogen-bond acceptors (Lipinski definition) is 8. The van der Waals surface area contributed by atoms with Crippen molar-refractivity contribution in [1.29, 1.82) is 5.26 Å². The standard InChI is InChI=1S/C27H27F2N9O2/c1-16-24(17(2)37(34-16)14-21-15-40-21)25-22(29)13-31-26(33-25)35-5-7-36(8-6-35)27(39)38-23(3-4-32-38)19-9-18(12-30)10-20(28)11-19/h4,9-11,13,21,23H,3,5-8,14-15H2,1-2H3/t21-,23-/m0/s1. The third-order valence-corrected chi connectivity index (χ3v) is 7.42. The second-order valence-corrected chi connectivity index (χ2v) is 10.1. The number of rotatable bonds is 5. The Bertz CT molecular complexity index is 1540. The van der Waals surface area contributed by atoms with E-state index >= 15 is 0 Å². The van der Waals surface area contributed by atoms with Gasteiger partial charge in [-0.2, -0.15) is 15.5 Å². The van der Waals surface area contributed by atoms with E-state index in [1.165, 1.54) is 17.3 Å². The summed E-state index contributed by atoms with van der Waals surface area (Å²) < 4.78 is 36.1. The predicted octanol–water partition coefficient (Wildman–Crippen LogP) is 3.18. The number of ether oxygens (including phenoxy) is 1. The number of halogens is 2. The Morgan fingerprint density at radius 3 is 2.67 bits per heavy atom. The zero-order chi connectivity index (χ0) is 28.0. The highest BCUT2D eigenvalue weighted by molar-refractivity contribution is 5.79. The van der Waals surface area contributed by atoms with Crippen LogP contribution in [-0.4, -0.2) is 80.8 Å². The molecule has 2 saturated heterocycles. The number of urea groups is 1. The molecule has 2 aromatic heterocycles. The maximum absolute atomic E-state index is 14.9. The van der Waals surface area contributed by atoms with E-state index in [1.807, 2.05) is 29.5 Å². The number of epoxide rings is 1. The first-order valence-electron chi connectivity index (χ1n) is 13.1. The monoisotopic (exact) mass is 547 g/mol. The van der Waals surface area contributed by atoms with Crippen LogP contribution in [0.1, 0.15) is 35.0 Å². The number of aryl methyl sites for hydroxylation is 1. The Labute approximate surface area is 229 Å². The molecular weight excluding hydrogens is 520 g/mol. The zero-order valence-electron chi connectivity index (χ0n) is 22.1. The summed E-state index contributed by atoms with van der Waals surface area (Å²) in [5, 5.41) is 19.3. The van der Waals surface area contributed by atoms with Crippen molar-refractivity contribution >= 4 is 18.2 Å². The minimum Gasteiger partial charge on any atom is -0.371 e. The van der Waals surface area contributed by atoms with Crippen LogP contribution in [0.2, 0.25) is 0 Å². The van der Waals surface area contributed by atoms with Crippen LogP contribution in [0.5, 0.6) is 0 Å². The second kappa shape index (κ2) is 10.3. The molecule has 0 spiro atoms. The normalized spacial score (nSPS) is 20.2. The number of benzene rings is 1. The summed E-state index contributed by atoms with van der Waals surface area (Å²) >= 11 is 0. The first kappa shape index (κ1) is 25.8. The zero-order valence-corrected chi connectivity index (χ0v) is 22.1. The first-order valence-corrected chi connectivity index (χ1v) is 13.1. The topological polar surface area (TPSA) is 119 Å². The number of anilines is 1. The summed E-state index contributed by atoms with van der Waals surface area (Å²) in [6, 6.07) is 5.22. The molecule has 2 amide bonds. The predicted molar refractivity (Wildman–Crippen MR) is 140 cm³/mol. The number of aromatic nitrogens is 4. The number of hydrazone groups is 1. The molecule has 6 rings (SSSR count). The number of hydrogen-bond donors (Lipinski definition) is 0. The van der Waals surface area contributed by atoms with E-state index in [0.29, 0.717) is 68.5 Å². The molecule has 2 fully saturated rings. The minimum absolute atomic E-state index is 0.140. The number of carbonyl (C=O) groups is 1. The Morgan fingerprint density at radius 2 is 1.95 bits per heavy atom. The highest BCUT2D eigenvalue weighted by Crippen LogP contribution is 2.32. The van der Waals surface area contributed by atoms with Gasteiger partial charge in [-0.15, -0.1) is 0 Å². The molecule has 0 unspecified atom stereocenters. The molecule has 0 saturated carbocycles. The van der Waals surface area contributed by atoms with Crippen LogP contribution in [0.3, 0.4) is 0 Å². The van der Waals surface area contributed by atoms with Crippen molar-refractivity contribution in [2.45, 2.75) is 39.0 Å². The lowest BCUT2D eigenvalue weighted by Gasteiger charge is -2.37. The lowest BCUT2D eigenvalue weighted by molar-refractivity contribution is 0.139. The SMILES string of the molecule is Cc1nn(C[C@H]2CO2)c(C)c1-c1nc(N2CCN(C(=O)N3N=CC[C@H]3c3cc(F)cc(C#N)c3)CC2)ncc1F. The number of carbonyl (C=O) groups excluding carboxylic acids is 1. The van der Waals surface area contributed by atoms with Crippen LogP contribution in [-0.2, 0) is 11.3 Å². The average molecular weight is 548 g/mol. The molecule has 40 heavy (non-hydrogen) atoms. The summed E-state index contributed by atoms with van der Waals surface area (Å²) in [7, 11) is 0. The van der Waals surface area contributed by atoms with Gasteiger partial charge in [-0.05, 0) is 37.6 Å². The molecule has 3 aliphatic heterocycles. The van der Waals surface area contributed by atoms with Gasteiger partial charge >= 0.3 is 6.03 Å². The van der Waals surface area contributed by atoms with Gasteiger partial charge in [-0.3, -0.25) is 4.68 Å². The first-order chi connectivity index (χ1) is 19.3. The van der Waals surface area contributed by atoms with Crippen LogP contribution >= 0.6 is 0 Å². The summed E-state index contributed by atoms with van der Waals surface area (Å²) in [5.41, 5.74) is 3.04. The fourth-order valence-electron chi connectivity index (χ4n) is 5.26. The van der Waals surface area contributed by atoms with Crippen molar-refractivity contribution in [3.8, 4) is 17.3 Å². The smallest absolute Gasteiger partial charge is 0.341 e. The maximum atomic E-state index is 14.9. The molecule has 2 atom stereocenters. The van der Waals surface area contributed by atoms with Gasteiger partial charge in [0, 0.05) is 50.1 Å². The maximum Gasteiger partial charge on any atom is 0.341 e. The molecule has 206 valence electrons. The van der Waals surface area contributed by atoms with Gasteiger partial charge in [0.1, 0.15) is 17.6 Å². The second-order valence-electron chi connectivity index (χ2n) is 10.1. The summed E-state index contributed by atoms with van der Waals surface area (Å²) in [4.78, 5) is 25.8. The summed E-state index contributed by atoms with van der Waals surface area (Å²) in [6.45, 7) is 6.66. The van der Waals surface area contributed by atoms with E-state index in [1.54, 1.807) is 17.2 Å². The summed E-state index contributed by atoms with van der Waals surface area (Å²) in [6.07, 6.45) is 3.36.